The Hall–Kier alpha value is -1.67. The Kier molecular flexibility index (Phi) is 5.05. The molecule has 1 aliphatic rings. The van der Waals surface area contributed by atoms with Gasteiger partial charge in [0.1, 0.15) is 6.04 Å². The third-order valence-electron chi connectivity index (χ3n) is 2.81. The van der Waals surface area contributed by atoms with Gasteiger partial charge >= 0.3 is 5.97 Å². The molecule has 1 rings (SSSR count). The second-order valence-corrected chi connectivity index (χ2v) is 4.11. The molecule has 0 bridgehead atoms. The van der Waals surface area contributed by atoms with E-state index in [9.17, 15) is 14.4 Å². The van der Waals surface area contributed by atoms with Gasteiger partial charge in [-0.25, -0.2) is 4.79 Å². The van der Waals surface area contributed by atoms with Crippen LogP contribution in [0.3, 0.4) is 0 Å². The molecule has 102 valence electrons. The van der Waals surface area contributed by atoms with Crippen LogP contribution in [-0.2, 0) is 19.1 Å². The molecule has 0 aromatic carbocycles. The molecular weight excluding hydrogens is 242 g/mol. The molecule has 3 atom stereocenters. The summed E-state index contributed by atoms with van der Waals surface area (Å²) in [6.45, 7) is 0.613. The number of ether oxygens (including phenoxy) is 1. The first-order chi connectivity index (χ1) is 8.45. The van der Waals surface area contributed by atoms with Gasteiger partial charge in [0.15, 0.2) is 0 Å². The number of nitrogens with one attached hydrogen (secondary N) is 2. The zero-order valence-corrected chi connectivity index (χ0v) is 10.0. The summed E-state index contributed by atoms with van der Waals surface area (Å²) in [5.74, 6) is -3.00. The van der Waals surface area contributed by atoms with E-state index in [-0.39, 0.29) is 12.6 Å². The highest BCUT2D eigenvalue weighted by molar-refractivity contribution is 5.89. The van der Waals surface area contributed by atoms with Crippen LogP contribution in [-0.4, -0.2) is 55.2 Å². The SMILES string of the molecule is CNC1COCC1C(=O)N[C@H](CC(N)=O)C(=O)O. The molecular formula is C10H17N3O5. The van der Waals surface area contributed by atoms with Gasteiger partial charge in [0.05, 0.1) is 25.6 Å². The molecule has 0 aromatic rings. The predicted octanol–water partition coefficient (Wildman–Crippen LogP) is -2.33. The molecule has 18 heavy (non-hydrogen) atoms. The van der Waals surface area contributed by atoms with Crippen molar-refractivity contribution in [2.75, 3.05) is 20.3 Å². The summed E-state index contributed by atoms with van der Waals surface area (Å²) in [5, 5.41) is 14.1. The van der Waals surface area contributed by atoms with Crippen molar-refractivity contribution in [1.29, 1.82) is 0 Å². The van der Waals surface area contributed by atoms with Gasteiger partial charge in [-0.3, -0.25) is 9.59 Å². The van der Waals surface area contributed by atoms with Gasteiger partial charge in [-0.2, -0.15) is 0 Å². The lowest BCUT2D eigenvalue weighted by Gasteiger charge is -2.19. The van der Waals surface area contributed by atoms with Gasteiger partial charge in [0.2, 0.25) is 11.8 Å². The van der Waals surface area contributed by atoms with E-state index < -0.39 is 36.2 Å². The quantitative estimate of drug-likeness (QED) is 0.423. The molecule has 0 radical (unpaired) electrons. The van der Waals surface area contributed by atoms with Crippen LogP contribution >= 0.6 is 0 Å². The first kappa shape index (κ1) is 14.4. The Balaban J connectivity index is 2.60. The molecule has 2 amide bonds. The lowest BCUT2D eigenvalue weighted by atomic mass is 10.0. The molecule has 8 nitrogen and oxygen atoms in total. The normalized spacial score (nSPS) is 24.5. The van der Waals surface area contributed by atoms with Crippen molar-refractivity contribution in [3.05, 3.63) is 0 Å². The molecule has 0 saturated carbocycles. The second-order valence-electron chi connectivity index (χ2n) is 4.11. The molecule has 1 aliphatic heterocycles. The molecule has 0 aromatic heterocycles. The van der Waals surface area contributed by atoms with Crippen LogP contribution in [0, 0.1) is 5.92 Å². The van der Waals surface area contributed by atoms with E-state index in [2.05, 4.69) is 10.6 Å². The molecule has 0 aliphatic carbocycles. The summed E-state index contributed by atoms with van der Waals surface area (Å²) < 4.78 is 5.14. The maximum Gasteiger partial charge on any atom is 0.326 e. The summed E-state index contributed by atoms with van der Waals surface area (Å²) in [5.41, 5.74) is 4.92. The zero-order valence-electron chi connectivity index (χ0n) is 10.0. The number of amides is 2. The highest BCUT2D eigenvalue weighted by atomic mass is 16.5. The highest BCUT2D eigenvalue weighted by Gasteiger charge is 2.35. The Morgan fingerprint density at radius 3 is 2.61 bits per heavy atom. The van der Waals surface area contributed by atoms with Crippen LogP contribution in [0.5, 0.6) is 0 Å². The summed E-state index contributed by atoms with van der Waals surface area (Å²) in [6.07, 6.45) is -0.432. The summed E-state index contributed by atoms with van der Waals surface area (Å²) >= 11 is 0. The van der Waals surface area contributed by atoms with E-state index in [1.54, 1.807) is 7.05 Å². The fourth-order valence-corrected chi connectivity index (χ4v) is 1.78. The van der Waals surface area contributed by atoms with Crippen LogP contribution in [0.25, 0.3) is 0 Å². The van der Waals surface area contributed by atoms with E-state index in [1.165, 1.54) is 0 Å². The van der Waals surface area contributed by atoms with Crippen LogP contribution in [0.2, 0.25) is 0 Å². The van der Waals surface area contributed by atoms with E-state index in [4.69, 9.17) is 15.6 Å². The van der Waals surface area contributed by atoms with Crippen molar-refractivity contribution in [3.8, 4) is 0 Å². The molecule has 8 heteroatoms. The Bertz CT molecular complexity index is 346. The number of likely N-dealkylation sites (N-methyl/N-ethyl adjacent to an activating group) is 1. The highest BCUT2D eigenvalue weighted by Crippen LogP contribution is 2.13. The summed E-state index contributed by atoms with van der Waals surface area (Å²) in [7, 11) is 1.69. The van der Waals surface area contributed by atoms with Crippen molar-refractivity contribution < 1.29 is 24.2 Å². The molecule has 1 fully saturated rings. The van der Waals surface area contributed by atoms with Crippen molar-refractivity contribution in [3.63, 3.8) is 0 Å². The van der Waals surface area contributed by atoms with Gasteiger partial charge in [-0.1, -0.05) is 0 Å². The monoisotopic (exact) mass is 259 g/mol. The number of rotatable bonds is 6. The average molecular weight is 259 g/mol. The Morgan fingerprint density at radius 2 is 2.11 bits per heavy atom. The van der Waals surface area contributed by atoms with E-state index >= 15 is 0 Å². The van der Waals surface area contributed by atoms with Crippen LogP contribution in [0.4, 0.5) is 0 Å². The number of hydrogen-bond acceptors (Lipinski definition) is 5. The predicted molar refractivity (Wildman–Crippen MR) is 60.5 cm³/mol. The van der Waals surface area contributed by atoms with Crippen molar-refractivity contribution in [2.24, 2.45) is 11.7 Å². The molecule has 1 heterocycles. The van der Waals surface area contributed by atoms with Crippen LogP contribution in [0.15, 0.2) is 0 Å². The number of carbonyl (C=O) groups excluding carboxylic acids is 2. The number of aliphatic carboxylic acids is 1. The summed E-state index contributed by atoms with van der Waals surface area (Å²) in [4.78, 5) is 33.4. The van der Waals surface area contributed by atoms with Crippen molar-refractivity contribution in [1.82, 2.24) is 10.6 Å². The van der Waals surface area contributed by atoms with Gasteiger partial charge in [-0.15, -0.1) is 0 Å². The lowest BCUT2D eigenvalue weighted by molar-refractivity contribution is -0.144. The van der Waals surface area contributed by atoms with Crippen molar-refractivity contribution >= 4 is 17.8 Å². The number of nitrogens with two attached hydrogens (primary N) is 1. The molecule has 2 unspecified atom stereocenters. The minimum Gasteiger partial charge on any atom is -0.480 e. The Morgan fingerprint density at radius 1 is 1.44 bits per heavy atom. The molecule has 1 saturated heterocycles. The fourth-order valence-electron chi connectivity index (χ4n) is 1.78. The molecule has 0 spiro atoms. The van der Waals surface area contributed by atoms with Crippen molar-refractivity contribution in [2.45, 2.75) is 18.5 Å². The molecule has 5 N–H and O–H groups in total. The summed E-state index contributed by atoms with van der Waals surface area (Å²) in [6, 6.07) is -1.46. The Labute approximate surface area is 104 Å². The van der Waals surface area contributed by atoms with E-state index in [0.29, 0.717) is 6.61 Å². The van der Waals surface area contributed by atoms with E-state index in [0.717, 1.165) is 0 Å². The van der Waals surface area contributed by atoms with Gasteiger partial charge in [0, 0.05) is 6.04 Å². The van der Waals surface area contributed by atoms with Crippen LogP contribution < -0.4 is 16.4 Å². The largest absolute Gasteiger partial charge is 0.480 e. The minimum absolute atomic E-state index is 0.159. The first-order valence-electron chi connectivity index (χ1n) is 5.52. The average Bonchev–Trinajstić information content (AvgIpc) is 2.75. The number of carboxylic acids is 1. The maximum absolute atomic E-state index is 11.9. The number of primary amides is 1. The first-order valence-corrected chi connectivity index (χ1v) is 5.52. The zero-order chi connectivity index (χ0) is 13.7. The number of carboxylic acid groups (broad SMARTS) is 1. The fraction of sp³-hybridized carbons (Fsp3) is 0.700. The maximum atomic E-state index is 11.9. The van der Waals surface area contributed by atoms with Gasteiger partial charge in [0.25, 0.3) is 0 Å². The van der Waals surface area contributed by atoms with Gasteiger partial charge < -0.3 is 26.2 Å². The van der Waals surface area contributed by atoms with Gasteiger partial charge in [-0.05, 0) is 7.05 Å². The van der Waals surface area contributed by atoms with Crippen LogP contribution in [0.1, 0.15) is 6.42 Å². The second kappa shape index (κ2) is 6.31. The third-order valence-corrected chi connectivity index (χ3v) is 2.81. The smallest absolute Gasteiger partial charge is 0.326 e. The third kappa shape index (κ3) is 3.67. The standard InChI is InChI=1S/C10H17N3O5/c1-12-7-4-18-3-5(7)9(15)13-6(10(16)17)2-8(11)14/h5-7,12H,2-4H2,1H3,(H2,11,14)(H,13,15)(H,16,17)/t5?,6-,7?/m1/s1. The minimum atomic E-state index is -1.30. The van der Waals surface area contributed by atoms with E-state index in [1.807, 2.05) is 0 Å². The number of carbonyl (C=O) groups is 3. The lowest BCUT2D eigenvalue weighted by Crippen LogP contribution is -2.49. The topological polar surface area (TPSA) is 131 Å². The number of hydrogen-bond donors (Lipinski definition) is 4.